The molecule has 0 saturated carbocycles. The number of phenolic OH excluding ortho intramolecular Hbond substituents is 1. The summed E-state index contributed by atoms with van der Waals surface area (Å²) in [7, 11) is 0. The van der Waals surface area contributed by atoms with Gasteiger partial charge in [-0.15, -0.1) is 0 Å². The van der Waals surface area contributed by atoms with E-state index in [0.717, 1.165) is 56.1 Å². The second kappa shape index (κ2) is 12.5. The molecule has 3 heteroatoms. The van der Waals surface area contributed by atoms with Crippen LogP contribution in [0.5, 0.6) is 17.2 Å². The van der Waals surface area contributed by atoms with E-state index in [1.165, 1.54) is 11.1 Å². The Hall–Kier alpha value is -5.80. The fourth-order valence-electron chi connectivity index (χ4n) is 6.90. The number of aryl methyl sites for hydroxylation is 2. The second-order valence-corrected chi connectivity index (χ2v) is 12.1. The number of fused-ring (bicyclic) bond motifs is 2. The van der Waals surface area contributed by atoms with Gasteiger partial charge in [0.15, 0.2) is 0 Å². The summed E-state index contributed by atoms with van der Waals surface area (Å²) in [6.07, 6.45) is 18.3. The maximum Gasteiger partial charge on any atom is 0.132 e. The predicted molar refractivity (Wildman–Crippen MR) is 195 cm³/mol. The standard InChI is InChI=1S/C44H37NO2/c1-4-5-6-13-27-44(37-20-11-12-22-41(37)47-42-28-30(2)23-26-38(42)44)43-35(19-14-21-40(43)46)32-24-25-36(34-18-10-7-15-31(34)3)39(29-32)45-33-16-8-9-17-33/h4-29,33,45-46H,1H2,2-3H3/b6-5-,27-13-. The zero-order chi connectivity index (χ0) is 32.4. The van der Waals surface area contributed by atoms with E-state index in [1.54, 1.807) is 12.1 Å². The van der Waals surface area contributed by atoms with Gasteiger partial charge in [0.05, 0.1) is 11.5 Å². The number of para-hydroxylation sites is 1. The van der Waals surface area contributed by atoms with Crippen LogP contribution in [0.3, 0.4) is 0 Å². The number of aromatic hydroxyl groups is 1. The third-order valence-electron chi connectivity index (χ3n) is 9.07. The SMILES string of the molecule is C=C/C=C\C=C/C1(c2c(O)cccc2-c2ccc(-c3ccccc3C)c(NC3C=CC=C3)c2)c2ccccc2Oc2cc(C)ccc21. The Labute approximate surface area is 277 Å². The first-order valence-corrected chi connectivity index (χ1v) is 16.0. The first-order valence-electron chi connectivity index (χ1n) is 16.0. The van der Waals surface area contributed by atoms with Crippen molar-refractivity contribution in [3.05, 3.63) is 192 Å². The highest BCUT2D eigenvalue weighted by atomic mass is 16.5. The molecule has 1 aliphatic heterocycles. The molecule has 1 unspecified atom stereocenters. The highest BCUT2D eigenvalue weighted by Crippen LogP contribution is 2.57. The molecular weight excluding hydrogens is 574 g/mol. The summed E-state index contributed by atoms with van der Waals surface area (Å²) in [6.45, 7) is 8.07. The van der Waals surface area contributed by atoms with Crippen LogP contribution in [0.2, 0.25) is 0 Å². The molecule has 2 aliphatic rings. The molecule has 5 aromatic rings. The lowest BCUT2D eigenvalue weighted by Crippen LogP contribution is -2.31. The average molecular weight is 612 g/mol. The van der Waals surface area contributed by atoms with Crippen molar-refractivity contribution in [1.82, 2.24) is 0 Å². The zero-order valence-electron chi connectivity index (χ0n) is 26.7. The Bertz CT molecular complexity index is 2100. The summed E-state index contributed by atoms with van der Waals surface area (Å²) in [5.74, 6) is 1.74. The average Bonchev–Trinajstić information content (AvgIpc) is 3.60. The molecule has 5 aromatic carbocycles. The molecule has 0 amide bonds. The van der Waals surface area contributed by atoms with Crippen LogP contribution in [-0.4, -0.2) is 11.1 Å². The predicted octanol–water partition coefficient (Wildman–Crippen LogP) is 11.0. The van der Waals surface area contributed by atoms with E-state index in [1.807, 2.05) is 42.5 Å². The third kappa shape index (κ3) is 5.40. The fourth-order valence-corrected chi connectivity index (χ4v) is 6.90. The van der Waals surface area contributed by atoms with Gasteiger partial charge in [0.25, 0.3) is 0 Å². The third-order valence-corrected chi connectivity index (χ3v) is 9.07. The number of nitrogens with one attached hydrogen (secondary N) is 1. The number of hydrogen-bond donors (Lipinski definition) is 2. The molecule has 1 aliphatic carbocycles. The number of rotatable bonds is 8. The number of hydrogen-bond acceptors (Lipinski definition) is 3. The van der Waals surface area contributed by atoms with Crippen LogP contribution in [0.4, 0.5) is 5.69 Å². The second-order valence-electron chi connectivity index (χ2n) is 12.1. The lowest BCUT2D eigenvalue weighted by Gasteiger charge is -2.40. The van der Waals surface area contributed by atoms with Crippen LogP contribution >= 0.6 is 0 Å². The largest absolute Gasteiger partial charge is 0.508 e. The van der Waals surface area contributed by atoms with Crippen LogP contribution in [0.1, 0.15) is 27.8 Å². The lowest BCUT2D eigenvalue weighted by molar-refractivity contribution is 0.425. The van der Waals surface area contributed by atoms with E-state index in [2.05, 4.69) is 129 Å². The summed E-state index contributed by atoms with van der Waals surface area (Å²) >= 11 is 0. The monoisotopic (exact) mass is 611 g/mol. The van der Waals surface area contributed by atoms with Gasteiger partial charge in [-0.05, 0) is 65.9 Å². The van der Waals surface area contributed by atoms with Gasteiger partial charge in [-0.25, -0.2) is 0 Å². The van der Waals surface area contributed by atoms with Crippen molar-refractivity contribution in [1.29, 1.82) is 0 Å². The van der Waals surface area contributed by atoms with E-state index in [4.69, 9.17) is 4.74 Å². The molecule has 1 atom stereocenters. The maximum atomic E-state index is 12.0. The van der Waals surface area contributed by atoms with Crippen LogP contribution in [0.25, 0.3) is 22.3 Å². The van der Waals surface area contributed by atoms with E-state index in [9.17, 15) is 5.11 Å². The summed E-state index contributed by atoms with van der Waals surface area (Å²) in [5.41, 5.74) is 9.41. The lowest BCUT2D eigenvalue weighted by atomic mass is 9.65. The molecule has 0 fully saturated rings. The summed E-state index contributed by atoms with van der Waals surface area (Å²) in [5, 5.41) is 15.8. The normalized spacial score (nSPS) is 16.7. The minimum absolute atomic E-state index is 0.0834. The molecule has 47 heavy (non-hydrogen) atoms. The molecule has 0 aromatic heterocycles. The van der Waals surface area contributed by atoms with Crippen molar-refractivity contribution in [2.24, 2.45) is 0 Å². The van der Waals surface area contributed by atoms with Crippen molar-refractivity contribution in [2.45, 2.75) is 25.3 Å². The van der Waals surface area contributed by atoms with E-state index < -0.39 is 5.41 Å². The van der Waals surface area contributed by atoms with Crippen molar-refractivity contribution in [3.8, 4) is 39.5 Å². The number of phenols is 1. The van der Waals surface area contributed by atoms with E-state index in [0.29, 0.717) is 0 Å². The first kappa shape index (κ1) is 29.9. The van der Waals surface area contributed by atoms with Crippen LogP contribution in [0.15, 0.2) is 164 Å². The quantitative estimate of drug-likeness (QED) is 0.172. The Morgan fingerprint density at radius 3 is 2.32 bits per heavy atom. The highest BCUT2D eigenvalue weighted by molar-refractivity contribution is 5.87. The van der Waals surface area contributed by atoms with Gasteiger partial charge in [0.2, 0.25) is 0 Å². The number of ether oxygens (including phenoxy) is 1. The Morgan fingerprint density at radius 1 is 0.723 bits per heavy atom. The van der Waals surface area contributed by atoms with Gasteiger partial charge in [0, 0.05) is 27.9 Å². The summed E-state index contributed by atoms with van der Waals surface area (Å²) in [4.78, 5) is 0. The van der Waals surface area contributed by atoms with Crippen molar-refractivity contribution >= 4 is 5.69 Å². The number of allylic oxidation sites excluding steroid dienone is 7. The Kier molecular flexibility index (Phi) is 7.97. The number of anilines is 1. The zero-order valence-corrected chi connectivity index (χ0v) is 26.7. The molecule has 0 radical (unpaired) electrons. The molecule has 0 bridgehead atoms. The minimum Gasteiger partial charge on any atom is -0.508 e. The number of benzene rings is 5. The van der Waals surface area contributed by atoms with Gasteiger partial charge in [-0.1, -0.05) is 140 Å². The summed E-state index contributed by atoms with van der Waals surface area (Å²) in [6, 6.07) is 35.4. The molecule has 1 heterocycles. The molecule has 3 nitrogen and oxygen atoms in total. The summed E-state index contributed by atoms with van der Waals surface area (Å²) < 4.78 is 6.54. The van der Waals surface area contributed by atoms with Gasteiger partial charge < -0.3 is 15.2 Å². The van der Waals surface area contributed by atoms with Crippen LogP contribution in [0, 0.1) is 13.8 Å². The molecule has 230 valence electrons. The van der Waals surface area contributed by atoms with E-state index >= 15 is 0 Å². The van der Waals surface area contributed by atoms with Crippen LogP contribution < -0.4 is 10.1 Å². The Balaban J connectivity index is 1.52. The van der Waals surface area contributed by atoms with Gasteiger partial charge in [-0.2, -0.15) is 0 Å². The minimum atomic E-state index is -0.872. The van der Waals surface area contributed by atoms with Crippen molar-refractivity contribution < 1.29 is 9.84 Å². The molecular formula is C44H37NO2. The molecule has 2 N–H and O–H groups in total. The van der Waals surface area contributed by atoms with Gasteiger partial charge in [0.1, 0.15) is 17.2 Å². The Morgan fingerprint density at radius 2 is 1.49 bits per heavy atom. The highest BCUT2D eigenvalue weighted by Gasteiger charge is 2.45. The smallest absolute Gasteiger partial charge is 0.132 e. The molecule has 0 spiro atoms. The van der Waals surface area contributed by atoms with Crippen molar-refractivity contribution in [2.75, 3.05) is 5.32 Å². The van der Waals surface area contributed by atoms with Gasteiger partial charge >= 0.3 is 0 Å². The van der Waals surface area contributed by atoms with E-state index in [-0.39, 0.29) is 11.8 Å². The first-order chi connectivity index (χ1) is 23.0. The fraction of sp³-hybridized carbons (Fsp3) is 0.0909. The van der Waals surface area contributed by atoms with Gasteiger partial charge in [-0.3, -0.25) is 0 Å². The topological polar surface area (TPSA) is 41.5 Å². The van der Waals surface area contributed by atoms with Crippen LogP contribution in [-0.2, 0) is 5.41 Å². The molecule has 0 saturated heterocycles. The molecule has 7 rings (SSSR count). The van der Waals surface area contributed by atoms with Crippen molar-refractivity contribution in [3.63, 3.8) is 0 Å². The maximum absolute atomic E-state index is 12.0.